The fraction of sp³-hybridized carbons (Fsp3) is 0.862. The van der Waals surface area contributed by atoms with Gasteiger partial charge < -0.3 is 106 Å². The molecular weight excluding hydrogens is 2350 g/mol. The molecule has 4 radical (unpaired) electrons. The third kappa shape index (κ3) is 13.0. The Morgan fingerprint density at radius 3 is 0.638 bits per heavy atom. The maximum absolute atomic E-state index is 13.8. The molecule has 4 saturated heterocycles. The minimum Gasteiger partial charge on any atom is -0.392 e. The average molecular weight is 2490 g/mol. The summed E-state index contributed by atoms with van der Waals surface area (Å²) in [5.41, 5.74) is -15.2. The smallest absolute Gasteiger partial charge is 0.174 e. The van der Waals surface area contributed by atoms with E-state index in [4.69, 9.17) is 18.9 Å². The minimum atomic E-state index is -1.58. The monoisotopic (exact) mass is 2490 g/mol. The second-order valence-electron chi connectivity index (χ2n) is 42.1. The van der Waals surface area contributed by atoms with E-state index < -0.39 is 202 Å². The van der Waals surface area contributed by atoms with Crippen molar-refractivity contribution in [3.8, 4) is 0 Å². The molecule has 4 heterocycles. The zero-order chi connectivity index (χ0) is 84.1. The zero-order valence-electron chi connectivity index (χ0n) is 72.5. The molecule has 16 aliphatic rings. The predicted octanol–water partition coefficient (Wildman–Crippen LogP) is 3.51. The maximum atomic E-state index is 13.8. The van der Waals surface area contributed by atoms with Crippen LogP contribution in [0.3, 0.4) is 0 Å². The van der Waals surface area contributed by atoms with Crippen LogP contribution in [0, 0.1) is 285 Å². The van der Waals surface area contributed by atoms with Gasteiger partial charge in [0, 0.05) is 270 Å². The summed E-state index contributed by atoms with van der Waals surface area (Å²) in [7, 11) is 0. The molecule has 12 fully saturated rings. The number of hydrogen-bond acceptors (Lipinski definition) is 25. The fourth-order valence-corrected chi connectivity index (χ4v) is 28.9. The summed E-state index contributed by atoms with van der Waals surface area (Å²) in [6.45, 7) is 42.2. The molecule has 8 bridgehead atoms. The Balaban J connectivity index is 0.000000175. The van der Waals surface area contributed by atoms with Crippen LogP contribution < -0.4 is 0 Å². The van der Waals surface area contributed by atoms with Gasteiger partial charge in [-0.3, -0.25) is 19.2 Å². The summed E-state index contributed by atoms with van der Waals surface area (Å²) in [6, 6.07) is 0. The van der Waals surface area contributed by atoms with E-state index in [2.05, 4.69) is 0 Å². The Hall–Kier alpha value is 2.57. The molecule has 644 valence electrons. The van der Waals surface area contributed by atoms with Crippen molar-refractivity contribution in [3.63, 3.8) is 0 Å². The van der Waals surface area contributed by atoms with Crippen molar-refractivity contribution in [1.29, 1.82) is 0 Å². The second kappa shape index (κ2) is 32.2. The van der Waals surface area contributed by atoms with Crippen molar-refractivity contribution in [2.75, 3.05) is 26.4 Å². The summed E-state index contributed by atoms with van der Waals surface area (Å²) in [5, 5.41) is 193. The van der Waals surface area contributed by atoms with Gasteiger partial charge in [-0.2, -0.15) is 0 Å². The normalized spacial score (nSPS) is 53.7. The molecule has 36 atom stereocenters. The molecular formula is C87H134Ac4O25. The standard InChI is InChI=1S/3C22H34O6.C21H32O7.4Ac/c3*1-10-7-14-21(26,9-28-14)17-12(3)22(27)8-13(23)11(2)15(19(22,4)5)16(24)18(25)20(10,17)6;1-9-11(22)7-21(27)10(2)16-19(5,12(23)6-13-20(16,26)8-28-13)17(25)15(24)14(9)18(21,3)4;;;;/h3*10,12-14,16-17,23-24,26-27H,7-9H2,1-6H3;10-13,15-16,22-24,26-27H,6-8H2,1-5H3;;;;/t3*10-,12-,13?,14?,16?,17?,20+,21-,22?;10-,11?,12?,13?,15?,16?,19+,20-,21?;;;;/m0000..../s1. The van der Waals surface area contributed by atoms with E-state index in [9.17, 15) is 106 Å². The largest absolute Gasteiger partial charge is 0.392 e. The Morgan fingerprint density at radius 2 is 0.457 bits per heavy atom. The quantitative estimate of drug-likeness (QED) is 0.154. The first-order valence-electron chi connectivity index (χ1n) is 41.4. The fourth-order valence-electron chi connectivity index (χ4n) is 28.9. The molecule has 0 spiro atoms. The van der Waals surface area contributed by atoms with E-state index in [1.165, 1.54) is 0 Å². The number of hydrogen-bond donors (Lipinski definition) is 17. The first-order valence-corrected chi connectivity index (χ1v) is 41.4. The van der Waals surface area contributed by atoms with Crippen molar-refractivity contribution in [3.05, 3.63) is 44.6 Å². The number of aliphatic hydroxyl groups excluding tert-OH is 9. The Labute approximate surface area is 827 Å². The van der Waals surface area contributed by atoms with Crippen molar-refractivity contribution in [2.24, 2.45) is 108 Å². The molecule has 16 rings (SSSR count). The number of ether oxygens (including phenoxy) is 4. The van der Waals surface area contributed by atoms with Gasteiger partial charge in [-0.25, -0.2) is 0 Å². The van der Waals surface area contributed by atoms with Crippen LogP contribution in [-0.4, -0.2) is 261 Å². The molecule has 0 aromatic carbocycles. The maximum Gasteiger partial charge on any atom is 0.174 e. The molecule has 17 N–H and O–H groups in total. The Morgan fingerprint density at radius 1 is 0.284 bits per heavy atom. The molecule has 12 aliphatic carbocycles. The van der Waals surface area contributed by atoms with Crippen LogP contribution in [-0.2, 0) is 38.1 Å². The summed E-state index contributed by atoms with van der Waals surface area (Å²) in [4.78, 5) is 54.9. The van der Waals surface area contributed by atoms with Crippen LogP contribution in [0.15, 0.2) is 44.6 Å². The topological polar surface area (TPSA) is 449 Å². The first-order chi connectivity index (χ1) is 51.0. The molecule has 116 heavy (non-hydrogen) atoms. The number of carbonyl (C=O) groups excluding carboxylic acids is 4. The van der Waals surface area contributed by atoms with Gasteiger partial charge in [0.1, 0.15) is 46.8 Å². The van der Waals surface area contributed by atoms with Crippen LogP contribution in [0.2, 0.25) is 0 Å². The van der Waals surface area contributed by atoms with Gasteiger partial charge in [0.15, 0.2) is 23.1 Å². The number of carbonyl (C=O) groups is 4. The van der Waals surface area contributed by atoms with Gasteiger partial charge in [0.2, 0.25) is 0 Å². The van der Waals surface area contributed by atoms with Crippen LogP contribution in [0.4, 0.5) is 0 Å². The molecule has 4 aliphatic heterocycles. The number of rotatable bonds is 0. The summed E-state index contributed by atoms with van der Waals surface area (Å²) in [6.07, 6.45) is -10.4. The van der Waals surface area contributed by atoms with Crippen LogP contribution >= 0.6 is 0 Å². The molecule has 25 nitrogen and oxygen atoms in total. The SMILES string of the molecule is CC1=C2C(O)C(=O)[C@@]3(C)C([C@H](C)C(O)(CC1O)C2(C)C)[C@]1(O)COC1C[C@@H]3C.CC1=C2C(O)C(=O)[C@@]3(C)C([C@H](C)C(O)(CC1O)C2(C)C)[C@]1(O)COC1C[C@@H]3C.CC1=C2C(O)C(=O)[C@@]3(C)C([C@H](C)C(O)(CC1O)C2(C)C)[C@]1(O)COC1C[C@@H]3C.CC1=C2C(O)C(=O)[C@]3(C)C(O)CC4OC[C@@]4(O)C3[C@H](C)C(O)(CC1O)C2(C)C.[Ac].[Ac].[Ac].[Ac]. The molecule has 21 unspecified atom stereocenters. The first kappa shape index (κ1) is 102. The van der Waals surface area contributed by atoms with Crippen LogP contribution in [0.5, 0.6) is 0 Å². The minimum absolute atomic E-state index is 0. The van der Waals surface area contributed by atoms with Gasteiger partial charge in [-0.15, -0.1) is 0 Å². The van der Waals surface area contributed by atoms with Crippen molar-refractivity contribution in [1.82, 2.24) is 0 Å². The van der Waals surface area contributed by atoms with E-state index >= 15 is 0 Å². The van der Waals surface area contributed by atoms with E-state index in [1.807, 2.05) is 104 Å². The summed E-state index contributed by atoms with van der Waals surface area (Å²) >= 11 is 0. The molecule has 29 heteroatoms. The summed E-state index contributed by atoms with van der Waals surface area (Å²) < 4.78 is 22.4. The molecule has 8 saturated carbocycles. The Bertz CT molecular complexity index is 3560. The van der Waals surface area contributed by atoms with E-state index in [-0.39, 0.29) is 288 Å². The molecule has 0 aromatic heterocycles. The van der Waals surface area contributed by atoms with E-state index in [1.54, 1.807) is 55.4 Å². The van der Waals surface area contributed by atoms with E-state index in [0.29, 0.717) is 63.8 Å². The van der Waals surface area contributed by atoms with Gasteiger partial charge in [-0.05, 0) is 140 Å². The van der Waals surface area contributed by atoms with Crippen molar-refractivity contribution >= 4 is 23.1 Å². The summed E-state index contributed by atoms with van der Waals surface area (Å²) in [5.74, 6) is -6.59. The van der Waals surface area contributed by atoms with Gasteiger partial charge in [-0.1, -0.05) is 125 Å². The number of fused-ring (bicyclic) bond motifs is 20. The van der Waals surface area contributed by atoms with Gasteiger partial charge >= 0.3 is 0 Å². The number of ketones is 4. The third-order valence-corrected chi connectivity index (χ3v) is 36.9. The number of aliphatic hydroxyl groups is 17. The molecule has 0 aromatic rings. The van der Waals surface area contributed by atoms with E-state index in [0.717, 1.165) is 0 Å². The van der Waals surface area contributed by atoms with Gasteiger partial charge in [0.25, 0.3) is 0 Å². The van der Waals surface area contributed by atoms with Gasteiger partial charge in [0.05, 0.1) is 109 Å². The number of Topliss-reactive ketones (excluding diaryl/α,β-unsaturated/α-hetero) is 4. The third-order valence-electron chi connectivity index (χ3n) is 36.9. The Kier molecular flexibility index (Phi) is 28.4. The van der Waals surface area contributed by atoms with Crippen LogP contribution in [0.1, 0.15) is 211 Å². The van der Waals surface area contributed by atoms with Crippen molar-refractivity contribution < 1.29 is 301 Å². The van der Waals surface area contributed by atoms with Crippen molar-refractivity contribution in [2.45, 2.75) is 335 Å². The second-order valence-corrected chi connectivity index (χ2v) is 42.1. The van der Waals surface area contributed by atoms with Crippen LogP contribution in [0.25, 0.3) is 0 Å². The average Bonchev–Trinajstić information content (AvgIpc) is 0.691. The zero-order valence-corrected chi connectivity index (χ0v) is 91.5. The predicted molar refractivity (Wildman–Crippen MR) is 406 cm³/mol. The molecule has 0 amide bonds.